The van der Waals surface area contributed by atoms with Gasteiger partial charge in [0.1, 0.15) is 6.54 Å². The van der Waals surface area contributed by atoms with Crippen LogP contribution in [-0.2, 0) is 10.0 Å². The van der Waals surface area contributed by atoms with Crippen LogP contribution in [0.1, 0.15) is 6.92 Å². The number of rotatable bonds is 4. The lowest BCUT2D eigenvalue weighted by Crippen LogP contribution is -2.31. The van der Waals surface area contributed by atoms with Crippen molar-refractivity contribution in [2.75, 3.05) is 13.1 Å². The highest BCUT2D eigenvalue weighted by Crippen LogP contribution is 2.13. The fraction of sp³-hybridized carbons (Fsp3) is 0.300. The van der Waals surface area contributed by atoms with Gasteiger partial charge in [0.05, 0.1) is 11.0 Å². The van der Waals surface area contributed by atoms with Crippen molar-refractivity contribution in [2.24, 2.45) is 0 Å². The van der Waals surface area contributed by atoms with Crippen molar-refractivity contribution in [1.29, 1.82) is 5.26 Å². The molecular weight excluding hydrogens is 212 g/mol. The summed E-state index contributed by atoms with van der Waals surface area (Å²) in [5.74, 6) is 0. The van der Waals surface area contributed by atoms with Crippen LogP contribution in [0.3, 0.4) is 0 Å². The highest BCUT2D eigenvalue weighted by molar-refractivity contribution is 7.89. The van der Waals surface area contributed by atoms with Crippen LogP contribution in [0.25, 0.3) is 0 Å². The third kappa shape index (κ3) is 2.55. The second kappa shape index (κ2) is 4.91. The van der Waals surface area contributed by atoms with Crippen molar-refractivity contribution >= 4 is 10.0 Å². The number of hydrogen-bond acceptors (Lipinski definition) is 3. The minimum Gasteiger partial charge on any atom is -0.207 e. The van der Waals surface area contributed by atoms with E-state index < -0.39 is 10.0 Å². The second-order valence-electron chi connectivity index (χ2n) is 2.90. The molecule has 0 amide bonds. The third-order valence-corrected chi connectivity index (χ3v) is 3.92. The van der Waals surface area contributed by atoms with E-state index in [0.717, 1.165) is 4.31 Å². The van der Waals surface area contributed by atoms with Crippen LogP contribution in [0.2, 0.25) is 0 Å². The molecule has 0 bridgehead atoms. The third-order valence-electron chi connectivity index (χ3n) is 1.98. The molecule has 0 N–H and O–H groups in total. The minimum atomic E-state index is -3.50. The molecule has 15 heavy (non-hydrogen) atoms. The van der Waals surface area contributed by atoms with Gasteiger partial charge >= 0.3 is 0 Å². The molecular formula is C10H12N2O2S. The van der Waals surface area contributed by atoms with E-state index in [4.69, 9.17) is 5.26 Å². The maximum absolute atomic E-state index is 11.9. The molecule has 4 nitrogen and oxygen atoms in total. The van der Waals surface area contributed by atoms with Gasteiger partial charge in [-0.1, -0.05) is 25.1 Å². The first-order chi connectivity index (χ1) is 7.12. The van der Waals surface area contributed by atoms with Crippen LogP contribution >= 0.6 is 0 Å². The Hall–Kier alpha value is -1.38. The summed E-state index contributed by atoms with van der Waals surface area (Å²) >= 11 is 0. The molecule has 0 radical (unpaired) electrons. The molecule has 1 rings (SSSR count). The summed E-state index contributed by atoms with van der Waals surface area (Å²) in [5, 5.41) is 8.52. The second-order valence-corrected chi connectivity index (χ2v) is 4.84. The largest absolute Gasteiger partial charge is 0.244 e. The molecule has 1 aromatic rings. The Bertz CT molecular complexity index is 448. The first-order valence-electron chi connectivity index (χ1n) is 4.55. The summed E-state index contributed by atoms with van der Waals surface area (Å²) in [5.41, 5.74) is 0. The van der Waals surface area contributed by atoms with Crippen LogP contribution in [0.4, 0.5) is 0 Å². The SMILES string of the molecule is CCN(CC#N)S(=O)(=O)c1ccccc1. The molecule has 0 aliphatic heterocycles. The van der Waals surface area contributed by atoms with Crippen molar-refractivity contribution in [2.45, 2.75) is 11.8 Å². The van der Waals surface area contributed by atoms with Crippen molar-refractivity contribution in [3.63, 3.8) is 0 Å². The Morgan fingerprint density at radius 3 is 2.40 bits per heavy atom. The van der Waals surface area contributed by atoms with Gasteiger partial charge in [0, 0.05) is 6.54 Å². The molecule has 0 saturated carbocycles. The van der Waals surface area contributed by atoms with Gasteiger partial charge in [-0.15, -0.1) is 0 Å². The number of sulfonamides is 1. The van der Waals surface area contributed by atoms with Gasteiger partial charge in [0.2, 0.25) is 10.0 Å². The molecule has 0 saturated heterocycles. The van der Waals surface area contributed by atoms with Crippen molar-refractivity contribution in [1.82, 2.24) is 4.31 Å². The summed E-state index contributed by atoms with van der Waals surface area (Å²) in [6.45, 7) is 1.89. The maximum atomic E-state index is 11.9. The van der Waals surface area contributed by atoms with Crippen LogP contribution in [0.15, 0.2) is 35.2 Å². The highest BCUT2D eigenvalue weighted by Gasteiger charge is 2.21. The standard InChI is InChI=1S/C10H12N2O2S/c1-2-12(9-8-11)15(13,14)10-6-4-3-5-7-10/h3-7H,2,9H2,1H3. The number of hydrogen-bond donors (Lipinski definition) is 0. The minimum absolute atomic E-state index is 0.117. The van der Waals surface area contributed by atoms with Gasteiger partial charge < -0.3 is 0 Å². The Kier molecular flexibility index (Phi) is 3.83. The maximum Gasteiger partial charge on any atom is 0.244 e. The van der Waals surface area contributed by atoms with Gasteiger partial charge in [0.25, 0.3) is 0 Å². The number of benzene rings is 1. The number of nitriles is 1. The van der Waals surface area contributed by atoms with Crippen LogP contribution in [-0.4, -0.2) is 25.8 Å². The molecule has 0 fully saturated rings. The normalized spacial score (nSPS) is 11.3. The van der Waals surface area contributed by atoms with Crippen LogP contribution in [0, 0.1) is 11.3 Å². The average Bonchev–Trinajstić information content (AvgIpc) is 2.27. The van der Waals surface area contributed by atoms with Gasteiger partial charge in [0.15, 0.2) is 0 Å². The van der Waals surface area contributed by atoms with E-state index in [2.05, 4.69) is 0 Å². The first-order valence-corrected chi connectivity index (χ1v) is 5.99. The lowest BCUT2D eigenvalue weighted by molar-refractivity contribution is 0.462. The van der Waals surface area contributed by atoms with Crippen LogP contribution in [0.5, 0.6) is 0 Å². The molecule has 0 spiro atoms. The summed E-state index contributed by atoms with van der Waals surface area (Å²) in [6.07, 6.45) is 0. The Morgan fingerprint density at radius 1 is 1.33 bits per heavy atom. The van der Waals surface area contributed by atoms with Gasteiger partial charge in [-0.3, -0.25) is 0 Å². The smallest absolute Gasteiger partial charge is 0.207 e. The lowest BCUT2D eigenvalue weighted by atomic mass is 10.4. The molecule has 0 aromatic heterocycles. The molecule has 80 valence electrons. The lowest BCUT2D eigenvalue weighted by Gasteiger charge is -2.16. The zero-order valence-electron chi connectivity index (χ0n) is 8.42. The van der Waals surface area contributed by atoms with E-state index in [9.17, 15) is 8.42 Å². The van der Waals surface area contributed by atoms with E-state index in [1.807, 2.05) is 6.07 Å². The molecule has 0 unspecified atom stereocenters. The molecule has 5 heteroatoms. The van der Waals surface area contributed by atoms with E-state index >= 15 is 0 Å². The van der Waals surface area contributed by atoms with Crippen LogP contribution < -0.4 is 0 Å². The molecule has 1 aromatic carbocycles. The highest BCUT2D eigenvalue weighted by atomic mass is 32.2. The first kappa shape index (κ1) is 11.7. The molecule has 0 heterocycles. The summed E-state index contributed by atoms with van der Waals surface area (Å²) in [4.78, 5) is 0.224. The van der Waals surface area contributed by atoms with E-state index in [0.29, 0.717) is 6.54 Å². The van der Waals surface area contributed by atoms with Crippen molar-refractivity contribution < 1.29 is 8.42 Å². The summed E-state index contributed by atoms with van der Waals surface area (Å²) < 4.78 is 25.0. The van der Waals surface area contributed by atoms with Gasteiger partial charge in [-0.05, 0) is 12.1 Å². The van der Waals surface area contributed by atoms with Gasteiger partial charge in [-0.25, -0.2) is 8.42 Å². The zero-order valence-corrected chi connectivity index (χ0v) is 9.24. The van der Waals surface area contributed by atoms with Crippen molar-refractivity contribution in [3.8, 4) is 6.07 Å². The quantitative estimate of drug-likeness (QED) is 0.722. The monoisotopic (exact) mass is 224 g/mol. The summed E-state index contributed by atoms with van der Waals surface area (Å²) in [6, 6.07) is 9.96. The Labute approximate surface area is 89.8 Å². The average molecular weight is 224 g/mol. The molecule has 0 atom stereocenters. The van der Waals surface area contributed by atoms with E-state index in [1.165, 1.54) is 12.1 Å². The fourth-order valence-corrected chi connectivity index (χ4v) is 2.55. The van der Waals surface area contributed by atoms with Crippen molar-refractivity contribution in [3.05, 3.63) is 30.3 Å². The molecule has 0 aliphatic carbocycles. The van der Waals surface area contributed by atoms with Gasteiger partial charge in [-0.2, -0.15) is 9.57 Å². The molecule has 0 aliphatic rings. The Balaban J connectivity index is 3.08. The zero-order chi connectivity index (χ0) is 11.3. The van der Waals surface area contributed by atoms with E-state index in [1.54, 1.807) is 25.1 Å². The Morgan fingerprint density at radius 2 is 1.93 bits per heavy atom. The topological polar surface area (TPSA) is 61.2 Å². The predicted molar refractivity (Wildman–Crippen MR) is 56.5 cm³/mol. The van der Waals surface area contributed by atoms with E-state index in [-0.39, 0.29) is 11.4 Å². The predicted octanol–water partition coefficient (Wildman–Crippen LogP) is 1.22. The fourth-order valence-electron chi connectivity index (χ4n) is 1.19. The number of nitrogens with zero attached hydrogens (tertiary/aromatic N) is 2. The summed E-state index contributed by atoms with van der Waals surface area (Å²) in [7, 11) is -3.50.